The van der Waals surface area contributed by atoms with Crippen molar-refractivity contribution in [2.45, 2.75) is 6.92 Å². The first-order valence-corrected chi connectivity index (χ1v) is 7.32. The molecule has 0 aliphatic heterocycles. The Morgan fingerprint density at radius 3 is 2.81 bits per heavy atom. The Morgan fingerprint density at radius 1 is 1.29 bits per heavy atom. The molecule has 0 saturated carbocycles. The van der Waals surface area contributed by atoms with E-state index in [0.717, 1.165) is 16.3 Å². The van der Waals surface area contributed by atoms with Crippen molar-refractivity contribution in [2.75, 3.05) is 19.0 Å². The Balaban J connectivity index is 1.86. The lowest BCUT2D eigenvalue weighted by atomic mass is 10.3. The number of carbonyl (C=O) groups is 1. The molecule has 0 aliphatic rings. The first-order valence-electron chi connectivity index (χ1n) is 6.44. The Labute approximate surface area is 127 Å². The van der Waals surface area contributed by atoms with E-state index >= 15 is 0 Å². The normalized spacial score (nSPS) is 11.0. The van der Waals surface area contributed by atoms with Crippen molar-refractivity contribution < 1.29 is 9.53 Å². The molecule has 0 atom stereocenters. The van der Waals surface area contributed by atoms with E-state index in [9.17, 15) is 4.79 Å². The summed E-state index contributed by atoms with van der Waals surface area (Å²) in [5, 5.41) is 9.07. The predicted molar refractivity (Wildman–Crippen MR) is 86.2 cm³/mol. The second-order valence-electron chi connectivity index (χ2n) is 4.26. The van der Waals surface area contributed by atoms with Gasteiger partial charge in [-0.25, -0.2) is 5.43 Å². The number of rotatable bonds is 6. The highest BCUT2D eigenvalue weighted by atomic mass is 32.1. The Morgan fingerprint density at radius 2 is 2.10 bits per heavy atom. The largest absolute Gasteiger partial charge is 0.495 e. The Kier molecular flexibility index (Phi) is 5.34. The highest BCUT2D eigenvalue weighted by molar-refractivity contribution is 7.12. The number of methoxy groups -OCH3 is 1. The van der Waals surface area contributed by atoms with Crippen LogP contribution in [-0.2, 0) is 4.79 Å². The maximum absolute atomic E-state index is 11.8. The first-order chi connectivity index (χ1) is 10.2. The molecule has 0 saturated heterocycles. The molecule has 2 N–H and O–H groups in total. The van der Waals surface area contributed by atoms with Crippen molar-refractivity contribution in [3.05, 3.63) is 46.7 Å². The van der Waals surface area contributed by atoms with E-state index in [2.05, 4.69) is 15.8 Å². The molecule has 0 fully saturated rings. The number of thiophene rings is 1. The zero-order chi connectivity index (χ0) is 15.1. The van der Waals surface area contributed by atoms with Gasteiger partial charge in [0.2, 0.25) is 0 Å². The number of hydrogen-bond donors (Lipinski definition) is 2. The van der Waals surface area contributed by atoms with Crippen LogP contribution in [0.2, 0.25) is 0 Å². The minimum absolute atomic E-state index is 0.127. The van der Waals surface area contributed by atoms with E-state index in [1.807, 2.05) is 48.7 Å². The van der Waals surface area contributed by atoms with Crippen LogP contribution in [0.4, 0.5) is 5.69 Å². The molecule has 1 aromatic heterocycles. The van der Waals surface area contributed by atoms with Crippen LogP contribution < -0.4 is 15.5 Å². The summed E-state index contributed by atoms with van der Waals surface area (Å²) >= 11 is 1.58. The minimum Gasteiger partial charge on any atom is -0.495 e. The molecule has 2 rings (SSSR count). The molecule has 1 amide bonds. The summed E-state index contributed by atoms with van der Waals surface area (Å²) < 4.78 is 5.20. The number of nitrogens with one attached hydrogen (secondary N) is 2. The fourth-order valence-corrected chi connectivity index (χ4v) is 2.37. The van der Waals surface area contributed by atoms with Crippen LogP contribution in [0.3, 0.4) is 0 Å². The summed E-state index contributed by atoms with van der Waals surface area (Å²) in [6.07, 6.45) is 0. The molecule has 110 valence electrons. The zero-order valence-electron chi connectivity index (χ0n) is 11.9. The maximum Gasteiger partial charge on any atom is 0.259 e. The zero-order valence-corrected chi connectivity index (χ0v) is 12.7. The molecule has 21 heavy (non-hydrogen) atoms. The molecule has 0 unspecified atom stereocenters. The van der Waals surface area contributed by atoms with Gasteiger partial charge in [0, 0.05) is 4.88 Å². The number of anilines is 1. The number of para-hydroxylation sites is 2. The molecular formula is C15H17N3O2S. The predicted octanol–water partition coefficient (Wildman–Crippen LogP) is 2.71. The van der Waals surface area contributed by atoms with Gasteiger partial charge in [0.15, 0.2) is 0 Å². The van der Waals surface area contributed by atoms with E-state index in [-0.39, 0.29) is 12.5 Å². The fourth-order valence-electron chi connectivity index (χ4n) is 1.69. The Hall–Kier alpha value is -2.34. The number of hydrogen-bond acceptors (Lipinski definition) is 5. The van der Waals surface area contributed by atoms with Crippen molar-refractivity contribution in [1.29, 1.82) is 0 Å². The second-order valence-corrected chi connectivity index (χ2v) is 5.21. The van der Waals surface area contributed by atoms with Gasteiger partial charge in [-0.1, -0.05) is 18.2 Å². The molecule has 5 nitrogen and oxygen atoms in total. The number of carbonyl (C=O) groups excluding carboxylic acids is 1. The van der Waals surface area contributed by atoms with Gasteiger partial charge in [-0.15, -0.1) is 11.3 Å². The van der Waals surface area contributed by atoms with Crippen molar-refractivity contribution in [2.24, 2.45) is 5.10 Å². The van der Waals surface area contributed by atoms with Gasteiger partial charge in [0.05, 0.1) is 25.1 Å². The Bertz CT molecular complexity index is 624. The van der Waals surface area contributed by atoms with Gasteiger partial charge >= 0.3 is 0 Å². The van der Waals surface area contributed by atoms with Crippen LogP contribution in [0, 0.1) is 0 Å². The van der Waals surface area contributed by atoms with Crippen LogP contribution in [0.1, 0.15) is 11.8 Å². The van der Waals surface area contributed by atoms with Gasteiger partial charge in [0.1, 0.15) is 5.75 Å². The summed E-state index contributed by atoms with van der Waals surface area (Å²) in [6, 6.07) is 11.3. The van der Waals surface area contributed by atoms with Gasteiger partial charge < -0.3 is 10.1 Å². The fraction of sp³-hybridized carbons (Fsp3) is 0.200. The first kappa shape index (κ1) is 15.1. The van der Waals surface area contributed by atoms with Crippen molar-refractivity contribution in [3.8, 4) is 5.75 Å². The highest BCUT2D eigenvalue weighted by Crippen LogP contribution is 2.22. The van der Waals surface area contributed by atoms with Crippen LogP contribution >= 0.6 is 11.3 Å². The third-order valence-corrected chi connectivity index (χ3v) is 3.75. The third-order valence-electron chi connectivity index (χ3n) is 2.77. The minimum atomic E-state index is -0.211. The van der Waals surface area contributed by atoms with E-state index in [1.54, 1.807) is 18.4 Å². The summed E-state index contributed by atoms with van der Waals surface area (Å²) in [4.78, 5) is 12.8. The van der Waals surface area contributed by atoms with Gasteiger partial charge in [0.25, 0.3) is 5.91 Å². The number of nitrogens with zero attached hydrogens (tertiary/aromatic N) is 1. The summed E-state index contributed by atoms with van der Waals surface area (Å²) in [6.45, 7) is 1.99. The number of hydrazone groups is 1. The summed E-state index contributed by atoms with van der Waals surface area (Å²) in [7, 11) is 1.59. The standard InChI is InChI=1S/C15H17N3O2S/c1-11(14-8-5-9-21-14)17-18-15(19)10-16-12-6-3-4-7-13(12)20-2/h3-9,16H,10H2,1-2H3,(H,18,19)/b17-11+. The smallest absolute Gasteiger partial charge is 0.259 e. The molecule has 0 spiro atoms. The van der Waals surface area contributed by atoms with E-state index in [0.29, 0.717) is 5.75 Å². The molecule has 0 radical (unpaired) electrons. The topological polar surface area (TPSA) is 62.7 Å². The van der Waals surface area contributed by atoms with Crippen LogP contribution in [0.25, 0.3) is 0 Å². The maximum atomic E-state index is 11.8. The number of benzene rings is 1. The lowest BCUT2D eigenvalue weighted by Crippen LogP contribution is -2.26. The lowest BCUT2D eigenvalue weighted by Gasteiger charge is -2.09. The van der Waals surface area contributed by atoms with Crippen molar-refractivity contribution in [1.82, 2.24) is 5.43 Å². The van der Waals surface area contributed by atoms with Crippen molar-refractivity contribution in [3.63, 3.8) is 0 Å². The monoisotopic (exact) mass is 303 g/mol. The van der Waals surface area contributed by atoms with Crippen LogP contribution in [0.5, 0.6) is 5.75 Å². The third kappa shape index (κ3) is 4.32. The average Bonchev–Trinajstić information content (AvgIpc) is 3.05. The van der Waals surface area contributed by atoms with Crippen molar-refractivity contribution >= 4 is 28.6 Å². The second kappa shape index (κ2) is 7.44. The molecule has 0 bridgehead atoms. The quantitative estimate of drug-likeness (QED) is 0.637. The molecule has 1 heterocycles. The van der Waals surface area contributed by atoms with E-state index < -0.39 is 0 Å². The summed E-state index contributed by atoms with van der Waals surface area (Å²) in [5.41, 5.74) is 4.09. The lowest BCUT2D eigenvalue weighted by molar-refractivity contribution is -0.119. The van der Waals surface area contributed by atoms with Crippen LogP contribution in [0.15, 0.2) is 46.9 Å². The summed E-state index contributed by atoms with van der Waals surface area (Å²) in [5.74, 6) is 0.486. The van der Waals surface area contributed by atoms with E-state index in [4.69, 9.17) is 4.74 Å². The molecule has 0 aliphatic carbocycles. The SMILES string of the molecule is COc1ccccc1NCC(=O)N/N=C(\C)c1cccs1. The number of amides is 1. The van der Waals surface area contributed by atoms with E-state index in [1.165, 1.54) is 0 Å². The average molecular weight is 303 g/mol. The van der Waals surface area contributed by atoms with Gasteiger partial charge in [-0.05, 0) is 30.5 Å². The van der Waals surface area contributed by atoms with Gasteiger partial charge in [-0.2, -0.15) is 5.10 Å². The molecular weight excluding hydrogens is 286 g/mol. The van der Waals surface area contributed by atoms with Gasteiger partial charge in [-0.3, -0.25) is 4.79 Å². The number of ether oxygens (including phenoxy) is 1. The highest BCUT2D eigenvalue weighted by Gasteiger charge is 2.05. The molecule has 6 heteroatoms. The molecule has 2 aromatic rings. The molecule has 1 aromatic carbocycles. The van der Waals surface area contributed by atoms with Crippen LogP contribution in [-0.4, -0.2) is 25.3 Å².